The second kappa shape index (κ2) is 18.7. The number of rotatable bonds is 19. The number of esters is 2. The van der Waals surface area contributed by atoms with E-state index in [2.05, 4.69) is 41.5 Å². The Kier molecular flexibility index (Phi) is 18.0. The average Bonchev–Trinajstić information content (AvgIpc) is 2.65. The van der Waals surface area contributed by atoms with Crippen LogP contribution < -0.4 is 0 Å². The smallest absolute Gasteiger partial charge is 0.309 e. The molecule has 1 atom stereocenters. The molecule has 0 aromatic heterocycles. The second-order valence-electron chi connectivity index (χ2n) is 9.97. The van der Waals surface area contributed by atoms with Crippen molar-refractivity contribution in [1.82, 2.24) is 0 Å². The van der Waals surface area contributed by atoms with Crippen LogP contribution in [-0.2, 0) is 19.1 Å². The summed E-state index contributed by atoms with van der Waals surface area (Å²) in [6, 6.07) is 0. The van der Waals surface area contributed by atoms with Crippen LogP contribution in [0.1, 0.15) is 119 Å². The summed E-state index contributed by atoms with van der Waals surface area (Å²) >= 11 is 0. The molecule has 0 fully saturated rings. The molecule has 0 N–H and O–H groups in total. The summed E-state index contributed by atoms with van der Waals surface area (Å²) in [4.78, 5) is 23.9. The highest BCUT2D eigenvalue weighted by atomic mass is 16.5. The van der Waals surface area contributed by atoms with Gasteiger partial charge >= 0.3 is 11.9 Å². The van der Waals surface area contributed by atoms with Crippen molar-refractivity contribution < 1.29 is 19.1 Å². The Morgan fingerprint density at radius 3 is 1.57 bits per heavy atom. The number of carbonyl (C=O) groups is 2. The largest absolute Gasteiger partial charge is 0.466 e. The first-order valence-corrected chi connectivity index (χ1v) is 12.6. The Labute approximate surface area is 186 Å². The summed E-state index contributed by atoms with van der Waals surface area (Å²) in [7, 11) is 0. The maximum Gasteiger partial charge on any atom is 0.309 e. The molecule has 0 radical (unpaired) electrons. The number of unbranched alkanes of at least 4 members (excludes halogenated alkanes) is 7. The Balaban J connectivity index is 3.63. The minimum Gasteiger partial charge on any atom is -0.466 e. The summed E-state index contributed by atoms with van der Waals surface area (Å²) in [5.41, 5.74) is 0. The predicted molar refractivity (Wildman–Crippen MR) is 125 cm³/mol. The summed E-state index contributed by atoms with van der Waals surface area (Å²) in [5.74, 6) is 1.48. The van der Waals surface area contributed by atoms with Crippen LogP contribution in [0.15, 0.2) is 0 Å². The van der Waals surface area contributed by atoms with Gasteiger partial charge in [0.25, 0.3) is 0 Å². The van der Waals surface area contributed by atoms with Crippen molar-refractivity contribution in [3.8, 4) is 0 Å². The molecular weight excluding hydrogens is 376 g/mol. The fourth-order valence-electron chi connectivity index (χ4n) is 3.40. The lowest BCUT2D eigenvalue weighted by Crippen LogP contribution is -2.23. The van der Waals surface area contributed by atoms with Crippen molar-refractivity contribution in [2.24, 2.45) is 23.7 Å². The van der Waals surface area contributed by atoms with Gasteiger partial charge in [0.05, 0.1) is 19.1 Å². The lowest BCUT2D eigenvalue weighted by Gasteiger charge is -2.19. The zero-order valence-electron chi connectivity index (χ0n) is 20.8. The Hall–Kier alpha value is -1.06. The van der Waals surface area contributed by atoms with Crippen LogP contribution in [-0.4, -0.2) is 25.2 Å². The Bertz CT molecular complexity index is 429. The molecule has 0 aliphatic heterocycles. The molecule has 0 aromatic rings. The summed E-state index contributed by atoms with van der Waals surface area (Å²) in [6.07, 6.45) is 12.6. The van der Waals surface area contributed by atoms with Crippen molar-refractivity contribution in [2.45, 2.75) is 119 Å². The van der Waals surface area contributed by atoms with E-state index < -0.39 is 0 Å². The van der Waals surface area contributed by atoms with Crippen molar-refractivity contribution in [3.63, 3.8) is 0 Å². The van der Waals surface area contributed by atoms with Crippen LogP contribution in [0.4, 0.5) is 0 Å². The standard InChI is InChI=1S/C26H50O4/c1-21(2)17-19-29-25(27)16-14-12-10-8-7-9-11-13-15-24(23(5)6)26(28)30-20-18-22(3)4/h21-24H,7-20H2,1-6H3. The monoisotopic (exact) mass is 426 g/mol. The molecule has 4 heteroatoms. The number of hydrogen-bond acceptors (Lipinski definition) is 4. The molecule has 4 nitrogen and oxygen atoms in total. The molecule has 1 unspecified atom stereocenters. The third-order valence-electron chi connectivity index (χ3n) is 5.65. The van der Waals surface area contributed by atoms with Crippen LogP contribution >= 0.6 is 0 Å². The van der Waals surface area contributed by atoms with Gasteiger partial charge in [-0.05, 0) is 43.4 Å². The molecule has 0 saturated carbocycles. The van der Waals surface area contributed by atoms with Crippen molar-refractivity contribution in [3.05, 3.63) is 0 Å². The number of hydrogen-bond donors (Lipinski definition) is 0. The van der Waals surface area contributed by atoms with Gasteiger partial charge in [0, 0.05) is 6.42 Å². The van der Waals surface area contributed by atoms with E-state index in [4.69, 9.17) is 9.47 Å². The van der Waals surface area contributed by atoms with Crippen molar-refractivity contribution in [1.29, 1.82) is 0 Å². The van der Waals surface area contributed by atoms with E-state index in [-0.39, 0.29) is 17.9 Å². The van der Waals surface area contributed by atoms with Gasteiger partial charge in [-0.1, -0.05) is 86.5 Å². The number of ether oxygens (including phenoxy) is 2. The van der Waals surface area contributed by atoms with Gasteiger partial charge in [-0.15, -0.1) is 0 Å². The molecule has 0 aliphatic carbocycles. The summed E-state index contributed by atoms with van der Waals surface area (Å²) < 4.78 is 10.7. The van der Waals surface area contributed by atoms with Crippen LogP contribution in [0.5, 0.6) is 0 Å². The molecule has 178 valence electrons. The van der Waals surface area contributed by atoms with Crippen LogP contribution in [0.3, 0.4) is 0 Å². The Morgan fingerprint density at radius 1 is 0.600 bits per heavy atom. The molecule has 0 bridgehead atoms. The molecule has 0 spiro atoms. The highest BCUT2D eigenvalue weighted by Crippen LogP contribution is 2.21. The Morgan fingerprint density at radius 2 is 1.07 bits per heavy atom. The lowest BCUT2D eigenvalue weighted by molar-refractivity contribution is -0.150. The van der Waals surface area contributed by atoms with Crippen LogP contribution in [0, 0.1) is 23.7 Å². The second-order valence-corrected chi connectivity index (χ2v) is 9.97. The molecule has 0 amide bonds. The number of carbonyl (C=O) groups excluding carboxylic acids is 2. The third-order valence-corrected chi connectivity index (χ3v) is 5.65. The van der Waals surface area contributed by atoms with Crippen LogP contribution in [0.25, 0.3) is 0 Å². The first kappa shape index (κ1) is 28.9. The third kappa shape index (κ3) is 17.8. The van der Waals surface area contributed by atoms with Gasteiger partial charge in [-0.2, -0.15) is 0 Å². The van der Waals surface area contributed by atoms with E-state index in [1.54, 1.807) is 0 Å². The van der Waals surface area contributed by atoms with E-state index in [9.17, 15) is 9.59 Å². The van der Waals surface area contributed by atoms with Crippen LogP contribution in [0.2, 0.25) is 0 Å². The van der Waals surface area contributed by atoms with Gasteiger partial charge in [0.15, 0.2) is 0 Å². The summed E-state index contributed by atoms with van der Waals surface area (Å²) in [6.45, 7) is 13.9. The molecule has 0 heterocycles. The van der Waals surface area contributed by atoms with Crippen molar-refractivity contribution >= 4 is 11.9 Å². The highest BCUT2D eigenvalue weighted by Gasteiger charge is 2.23. The van der Waals surface area contributed by atoms with E-state index in [1.165, 1.54) is 32.1 Å². The van der Waals surface area contributed by atoms with E-state index in [0.717, 1.165) is 38.5 Å². The predicted octanol–water partition coefficient (Wildman–Crippen LogP) is 7.34. The fourth-order valence-corrected chi connectivity index (χ4v) is 3.40. The normalized spacial score (nSPS) is 12.6. The maximum atomic E-state index is 12.3. The highest BCUT2D eigenvalue weighted by molar-refractivity contribution is 5.72. The minimum atomic E-state index is -0.0434. The van der Waals surface area contributed by atoms with Gasteiger partial charge < -0.3 is 9.47 Å². The van der Waals surface area contributed by atoms with Gasteiger partial charge in [0.1, 0.15) is 0 Å². The fraction of sp³-hybridized carbons (Fsp3) is 0.923. The molecule has 0 saturated heterocycles. The first-order chi connectivity index (χ1) is 14.2. The maximum absolute atomic E-state index is 12.3. The molecule has 0 rings (SSSR count). The van der Waals surface area contributed by atoms with Gasteiger partial charge in [0.2, 0.25) is 0 Å². The first-order valence-electron chi connectivity index (χ1n) is 12.6. The topological polar surface area (TPSA) is 52.6 Å². The minimum absolute atomic E-state index is 0.00613. The summed E-state index contributed by atoms with van der Waals surface area (Å²) in [5, 5.41) is 0. The molecule has 30 heavy (non-hydrogen) atoms. The zero-order chi connectivity index (χ0) is 22.8. The van der Waals surface area contributed by atoms with E-state index >= 15 is 0 Å². The van der Waals surface area contributed by atoms with Crippen molar-refractivity contribution in [2.75, 3.05) is 13.2 Å². The molecular formula is C26H50O4. The average molecular weight is 427 g/mol. The molecule has 0 aliphatic rings. The van der Waals surface area contributed by atoms with E-state index in [0.29, 0.717) is 37.4 Å². The lowest BCUT2D eigenvalue weighted by atomic mass is 9.90. The quantitative estimate of drug-likeness (QED) is 0.160. The SMILES string of the molecule is CC(C)CCOC(=O)CCCCCCCCCCC(C(=O)OCCC(C)C)C(C)C. The van der Waals surface area contributed by atoms with Gasteiger partial charge in [-0.25, -0.2) is 0 Å². The van der Waals surface area contributed by atoms with Gasteiger partial charge in [-0.3, -0.25) is 9.59 Å². The molecule has 0 aromatic carbocycles. The van der Waals surface area contributed by atoms with E-state index in [1.807, 2.05) is 0 Å². The zero-order valence-corrected chi connectivity index (χ0v) is 20.8.